The van der Waals surface area contributed by atoms with Crippen LogP contribution in [0.2, 0.25) is 0 Å². The number of rotatable bonds is 7. The van der Waals surface area contributed by atoms with Gasteiger partial charge in [0.2, 0.25) is 6.08 Å². The smallest absolute Gasteiger partial charge is 0.235 e. The lowest BCUT2D eigenvalue weighted by Crippen LogP contribution is -2.37. The summed E-state index contributed by atoms with van der Waals surface area (Å²) in [5.41, 5.74) is 0.313. The van der Waals surface area contributed by atoms with Crippen molar-refractivity contribution < 1.29 is 19.5 Å². The molecule has 0 aromatic rings. The molecule has 1 N–H and O–H groups in total. The topological polar surface area (TPSA) is 83.8 Å². The number of Topliss-reactive ketones (excluding diaryl/α,β-unsaturated/α-hetero) is 2. The molecule has 0 spiro atoms. The van der Waals surface area contributed by atoms with Crippen molar-refractivity contribution in [1.29, 1.82) is 0 Å². The predicted octanol–water partition coefficient (Wildman–Crippen LogP) is 0.590. The quantitative estimate of drug-likeness (QED) is 0.304. The van der Waals surface area contributed by atoms with Crippen molar-refractivity contribution in [2.75, 3.05) is 6.61 Å². The zero-order valence-electron chi connectivity index (χ0n) is 9.90. The Balaban J connectivity index is 5.44. The van der Waals surface area contributed by atoms with E-state index < -0.39 is 30.1 Å². The van der Waals surface area contributed by atoms with Gasteiger partial charge in [-0.3, -0.25) is 9.59 Å². The standard InChI is InChI=1S/C12H15NO4/c1-7(2)11(16)10(12(17)8(3)4)9(5-14)13-6-15/h9-10,14H,1,3,5H2,2,4H3. The van der Waals surface area contributed by atoms with Crippen molar-refractivity contribution in [3.63, 3.8) is 0 Å². The molecule has 0 bridgehead atoms. The summed E-state index contributed by atoms with van der Waals surface area (Å²) in [6.45, 7) is 9.17. The highest BCUT2D eigenvalue weighted by Gasteiger charge is 2.34. The Morgan fingerprint density at radius 2 is 1.65 bits per heavy atom. The third-order valence-electron chi connectivity index (χ3n) is 2.20. The molecule has 1 atom stereocenters. The summed E-state index contributed by atoms with van der Waals surface area (Å²) in [6.07, 6.45) is 1.24. The second-order valence-electron chi connectivity index (χ2n) is 3.74. The molecule has 92 valence electrons. The second-order valence-corrected chi connectivity index (χ2v) is 3.74. The lowest BCUT2D eigenvalue weighted by Gasteiger charge is -2.19. The summed E-state index contributed by atoms with van der Waals surface area (Å²) in [5.74, 6) is -2.37. The Morgan fingerprint density at radius 1 is 1.24 bits per heavy atom. The maximum Gasteiger partial charge on any atom is 0.235 e. The van der Waals surface area contributed by atoms with Crippen molar-refractivity contribution in [3.05, 3.63) is 24.3 Å². The fraction of sp³-hybridized carbons (Fsp3) is 0.417. The molecule has 5 heteroatoms. The van der Waals surface area contributed by atoms with Gasteiger partial charge in [0.25, 0.3) is 0 Å². The molecular formula is C12H15NO4. The van der Waals surface area contributed by atoms with Gasteiger partial charge in [-0.1, -0.05) is 13.2 Å². The van der Waals surface area contributed by atoms with Gasteiger partial charge in [-0.25, -0.2) is 4.79 Å². The first-order valence-corrected chi connectivity index (χ1v) is 4.94. The molecule has 0 fully saturated rings. The van der Waals surface area contributed by atoms with Gasteiger partial charge in [0.05, 0.1) is 6.61 Å². The Bertz CT molecular complexity index is 379. The van der Waals surface area contributed by atoms with Crippen molar-refractivity contribution in [2.45, 2.75) is 19.9 Å². The Hall–Kier alpha value is -1.84. The second kappa shape index (κ2) is 6.68. The zero-order chi connectivity index (χ0) is 13.6. The molecule has 0 radical (unpaired) electrons. The monoisotopic (exact) mass is 237 g/mol. The summed E-state index contributed by atoms with van der Waals surface area (Å²) < 4.78 is 0. The first-order chi connectivity index (χ1) is 7.86. The van der Waals surface area contributed by atoms with Gasteiger partial charge in [-0.15, -0.1) is 0 Å². The molecule has 0 heterocycles. The van der Waals surface area contributed by atoms with Gasteiger partial charge in [-0.2, -0.15) is 4.99 Å². The third kappa shape index (κ3) is 3.90. The van der Waals surface area contributed by atoms with Crippen LogP contribution < -0.4 is 0 Å². The van der Waals surface area contributed by atoms with E-state index >= 15 is 0 Å². The van der Waals surface area contributed by atoms with E-state index in [0.717, 1.165) is 0 Å². The van der Waals surface area contributed by atoms with E-state index in [4.69, 9.17) is 5.11 Å². The van der Waals surface area contributed by atoms with Crippen LogP contribution in [0.4, 0.5) is 0 Å². The molecule has 0 saturated carbocycles. The van der Waals surface area contributed by atoms with Crippen LogP contribution in [0.15, 0.2) is 29.3 Å². The van der Waals surface area contributed by atoms with Crippen LogP contribution in [-0.4, -0.2) is 35.4 Å². The van der Waals surface area contributed by atoms with E-state index in [0.29, 0.717) is 0 Å². The Labute approximate surface area is 99.5 Å². The van der Waals surface area contributed by atoms with Gasteiger partial charge in [0.1, 0.15) is 12.0 Å². The molecule has 5 nitrogen and oxygen atoms in total. The van der Waals surface area contributed by atoms with Crippen LogP contribution >= 0.6 is 0 Å². The predicted molar refractivity (Wildman–Crippen MR) is 62.1 cm³/mol. The number of nitrogens with zero attached hydrogens (tertiary/aromatic N) is 1. The molecule has 17 heavy (non-hydrogen) atoms. The van der Waals surface area contributed by atoms with Crippen molar-refractivity contribution in [2.24, 2.45) is 10.9 Å². The fourth-order valence-corrected chi connectivity index (χ4v) is 1.29. The van der Waals surface area contributed by atoms with Crippen molar-refractivity contribution >= 4 is 17.6 Å². The van der Waals surface area contributed by atoms with Crippen molar-refractivity contribution in [3.8, 4) is 0 Å². The number of aliphatic imine (C=N–C) groups is 1. The largest absolute Gasteiger partial charge is 0.394 e. The van der Waals surface area contributed by atoms with Gasteiger partial charge in [-0.05, 0) is 25.0 Å². The normalized spacial score (nSPS) is 11.5. The van der Waals surface area contributed by atoms with Crippen LogP contribution in [0.3, 0.4) is 0 Å². The third-order valence-corrected chi connectivity index (χ3v) is 2.20. The first-order valence-electron chi connectivity index (χ1n) is 4.94. The number of allylic oxidation sites excluding steroid dienone is 2. The first kappa shape index (κ1) is 15.2. The number of carbonyl (C=O) groups is 2. The van der Waals surface area contributed by atoms with E-state index in [2.05, 4.69) is 18.2 Å². The Kier molecular flexibility index (Phi) is 5.96. The highest BCUT2D eigenvalue weighted by Crippen LogP contribution is 2.17. The molecule has 0 aliphatic heterocycles. The maximum absolute atomic E-state index is 11.8. The molecule has 0 saturated heterocycles. The number of carbonyl (C=O) groups excluding carboxylic acids is 3. The number of hydrogen-bond donors (Lipinski definition) is 1. The van der Waals surface area contributed by atoms with Crippen LogP contribution in [0, 0.1) is 5.92 Å². The zero-order valence-corrected chi connectivity index (χ0v) is 9.90. The number of hydrogen-bond acceptors (Lipinski definition) is 5. The highest BCUT2D eigenvalue weighted by atomic mass is 16.3. The molecule has 0 amide bonds. The number of aliphatic hydroxyl groups excluding tert-OH is 1. The minimum absolute atomic E-state index is 0.157. The number of aliphatic hydroxyl groups is 1. The van der Waals surface area contributed by atoms with Crippen LogP contribution in [0.25, 0.3) is 0 Å². The van der Waals surface area contributed by atoms with Crippen molar-refractivity contribution in [1.82, 2.24) is 0 Å². The summed E-state index contributed by atoms with van der Waals surface area (Å²) in [6, 6.07) is -1.14. The number of isocyanates is 1. The van der Waals surface area contributed by atoms with Gasteiger partial charge in [0.15, 0.2) is 11.6 Å². The summed E-state index contributed by atoms with van der Waals surface area (Å²) in [5, 5.41) is 9.05. The lowest BCUT2D eigenvalue weighted by atomic mass is 9.86. The molecule has 0 aromatic carbocycles. The highest BCUT2D eigenvalue weighted by molar-refractivity contribution is 6.15. The summed E-state index contributed by atoms with van der Waals surface area (Å²) in [7, 11) is 0. The minimum Gasteiger partial charge on any atom is -0.394 e. The molecule has 1 unspecified atom stereocenters. The number of ketones is 2. The average molecular weight is 237 g/mol. The van der Waals surface area contributed by atoms with E-state index in [1.807, 2.05) is 0 Å². The lowest BCUT2D eigenvalue weighted by molar-refractivity contribution is -0.129. The van der Waals surface area contributed by atoms with Crippen LogP contribution in [-0.2, 0) is 14.4 Å². The SMILES string of the molecule is C=C(C)C(=O)C(C(=O)C(=C)C)C(CO)N=C=O. The molecule has 0 rings (SSSR count). The molecule has 0 aliphatic rings. The van der Waals surface area contributed by atoms with Crippen LogP contribution in [0.5, 0.6) is 0 Å². The van der Waals surface area contributed by atoms with E-state index in [-0.39, 0.29) is 11.1 Å². The summed E-state index contributed by atoms with van der Waals surface area (Å²) >= 11 is 0. The van der Waals surface area contributed by atoms with Crippen LogP contribution in [0.1, 0.15) is 13.8 Å². The summed E-state index contributed by atoms with van der Waals surface area (Å²) in [4.78, 5) is 37.1. The van der Waals surface area contributed by atoms with E-state index in [1.54, 1.807) is 0 Å². The molecular weight excluding hydrogens is 222 g/mol. The van der Waals surface area contributed by atoms with Gasteiger partial charge >= 0.3 is 0 Å². The average Bonchev–Trinajstić information content (AvgIpc) is 2.27. The van der Waals surface area contributed by atoms with Gasteiger partial charge in [0, 0.05) is 0 Å². The molecule has 0 aromatic heterocycles. The minimum atomic E-state index is -1.25. The van der Waals surface area contributed by atoms with Gasteiger partial charge < -0.3 is 5.11 Å². The van der Waals surface area contributed by atoms with E-state index in [9.17, 15) is 14.4 Å². The maximum atomic E-state index is 11.8. The molecule has 0 aliphatic carbocycles. The Morgan fingerprint density at radius 3 is 1.88 bits per heavy atom. The fourth-order valence-electron chi connectivity index (χ4n) is 1.29. The van der Waals surface area contributed by atoms with E-state index in [1.165, 1.54) is 19.9 Å².